The molecule has 1 rings (SSSR count). The molecule has 0 bridgehead atoms. The van der Waals surface area contributed by atoms with Crippen molar-refractivity contribution in [3.05, 3.63) is 33.8 Å². The fourth-order valence-electron chi connectivity index (χ4n) is 2.01. The zero-order valence-corrected chi connectivity index (χ0v) is 12.9. The Balaban J connectivity index is 3.12. The maximum absolute atomic E-state index is 14.0. The third-order valence-corrected chi connectivity index (χ3v) is 4.31. The molecule has 0 saturated carbocycles. The zero-order chi connectivity index (χ0) is 13.9. The van der Waals surface area contributed by atoms with Gasteiger partial charge in [0.2, 0.25) is 0 Å². The molecule has 0 heterocycles. The second-order valence-corrected chi connectivity index (χ2v) is 6.19. The van der Waals surface area contributed by atoms with Crippen molar-refractivity contribution in [2.75, 3.05) is 13.6 Å². The number of hydrogen-bond donors (Lipinski definition) is 1. The summed E-state index contributed by atoms with van der Waals surface area (Å²) in [5, 5.41) is 3.11. The molecule has 0 fully saturated rings. The molecule has 102 valence electrons. The van der Waals surface area contributed by atoms with E-state index in [0.29, 0.717) is 16.8 Å². The Bertz CT molecular complexity index is 421. The van der Waals surface area contributed by atoms with Crippen molar-refractivity contribution >= 4 is 15.9 Å². The van der Waals surface area contributed by atoms with Crippen LogP contribution in [0.1, 0.15) is 26.3 Å². The molecule has 0 amide bonds. The van der Waals surface area contributed by atoms with Gasteiger partial charge in [-0.3, -0.25) is 0 Å². The number of rotatable bonds is 5. The van der Waals surface area contributed by atoms with E-state index in [9.17, 15) is 8.78 Å². The van der Waals surface area contributed by atoms with Gasteiger partial charge in [0, 0.05) is 12.1 Å². The van der Waals surface area contributed by atoms with E-state index in [4.69, 9.17) is 0 Å². The van der Waals surface area contributed by atoms with Crippen molar-refractivity contribution in [2.24, 2.45) is 11.3 Å². The first-order valence-corrected chi connectivity index (χ1v) is 6.88. The van der Waals surface area contributed by atoms with Crippen LogP contribution in [0.5, 0.6) is 0 Å². The smallest absolute Gasteiger partial charge is 0.143 e. The Hall–Kier alpha value is -0.480. The molecular weight excluding hydrogens is 300 g/mol. The lowest BCUT2D eigenvalue weighted by Crippen LogP contribution is -2.37. The predicted octanol–water partition coefficient (Wildman–Crippen LogP) is 4.15. The fourth-order valence-corrected chi connectivity index (χ4v) is 2.38. The van der Waals surface area contributed by atoms with Crippen molar-refractivity contribution < 1.29 is 8.78 Å². The van der Waals surface area contributed by atoms with E-state index in [-0.39, 0.29) is 11.0 Å². The molecule has 1 aromatic rings. The molecule has 1 unspecified atom stereocenters. The summed E-state index contributed by atoms with van der Waals surface area (Å²) in [6.07, 6.45) is 0.378. The largest absolute Gasteiger partial charge is 0.319 e. The number of nitrogens with one attached hydrogen (secondary N) is 1. The van der Waals surface area contributed by atoms with E-state index in [2.05, 4.69) is 35.1 Å². The zero-order valence-electron chi connectivity index (χ0n) is 11.3. The maximum Gasteiger partial charge on any atom is 0.143 e. The van der Waals surface area contributed by atoms with Crippen LogP contribution in [0.25, 0.3) is 0 Å². The monoisotopic (exact) mass is 319 g/mol. The van der Waals surface area contributed by atoms with Gasteiger partial charge >= 0.3 is 0 Å². The quantitative estimate of drug-likeness (QED) is 0.804. The van der Waals surface area contributed by atoms with Crippen LogP contribution in [0.4, 0.5) is 8.78 Å². The standard InChI is InChI=1S/C14H20BrF2N/c1-9(2)14(3,8-18-4)7-10-12(16)6-5-11(15)13(10)17/h5-6,9,18H,7-8H2,1-4H3. The Morgan fingerprint density at radius 2 is 1.94 bits per heavy atom. The highest BCUT2D eigenvalue weighted by atomic mass is 79.9. The Morgan fingerprint density at radius 1 is 1.33 bits per heavy atom. The number of halogens is 3. The average molecular weight is 320 g/mol. The Labute approximate surface area is 116 Å². The van der Waals surface area contributed by atoms with Crippen molar-refractivity contribution in [3.63, 3.8) is 0 Å². The van der Waals surface area contributed by atoms with Gasteiger partial charge in [-0.15, -0.1) is 0 Å². The summed E-state index contributed by atoms with van der Waals surface area (Å²) in [6, 6.07) is 2.71. The average Bonchev–Trinajstić information content (AvgIpc) is 2.30. The summed E-state index contributed by atoms with van der Waals surface area (Å²) in [4.78, 5) is 0. The minimum Gasteiger partial charge on any atom is -0.319 e. The van der Waals surface area contributed by atoms with E-state index in [1.54, 1.807) is 0 Å². The second-order valence-electron chi connectivity index (χ2n) is 5.34. The SMILES string of the molecule is CNCC(C)(Cc1c(F)ccc(Br)c1F)C(C)C. The molecule has 0 radical (unpaired) electrons. The molecule has 1 aromatic carbocycles. The molecule has 18 heavy (non-hydrogen) atoms. The predicted molar refractivity (Wildman–Crippen MR) is 74.6 cm³/mol. The highest BCUT2D eigenvalue weighted by Gasteiger charge is 2.30. The fraction of sp³-hybridized carbons (Fsp3) is 0.571. The highest BCUT2D eigenvalue weighted by Crippen LogP contribution is 2.34. The summed E-state index contributed by atoms with van der Waals surface area (Å²) < 4.78 is 28.1. The first-order valence-electron chi connectivity index (χ1n) is 6.09. The molecule has 0 spiro atoms. The van der Waals surface area contributed by atoms with Gasteiger partial charge in [0.15, 0.2) is 0 Å². The molecule has 4 heteroatoms. The van der Waals surface area contributed by atoms with Crippen LogP contribution in [0.15, 0.2) is 16.6 Å². The van der Waals surface area contributed by atoms with E-state index in [1.165, 1.54) is 12.1 Å². The first-order chi connectivity index (χ1) is 8.31. The molecule has 1 nitrogen and oxygen atoms in total. The molecule has 1 N–H and O–H groups in total. The molecular formula is C14H20BrF2N. The molecule has 0 aliphatic carbocycles. The summed E-state index contributed by atoms with van der Waals surface area (Å²) in [5.41, 5.74) is -0.0205. The van der Waals surface area contributed by atoms with Gasteiger partial charge in [-0.05, 0) is 52.9 Å². The minimum atomic E-state index is -0.488. The highest BCUT2D eigenvalue weighted by molar-refractivity contribution is 9.10. The van der Waals surface area contributed by atoms with Gasteiger partial charge in [0.25, 0.3) is 0 Å². The van der Waals surface area contributed by atoms with Crippen LogP contribution in [0.2, 0.25) is 0 Å². The normalized spacial score (nSPS) is 14.9. The van der Waals surface area contributed by atoms with E-state index >= 15 is 0 Å². The molecule has 0 saturated heterocycles. The third-order valence-electron chi connectivity index (χ3n) is 3.69. The van der Waals surface area contributed by atoms with Crippen molar-refractivity contribution in [1.82, 2.24) is 5.32 Å². The maximum atomic E-state index is 14.0. The number of hydrogen-bond acceptors (Lipinski definition) is 1. The van der Waals surface area contributed by atoms with Crippen LogP contribution in [-0.4, -0.2) is 13.6 Å². The summed E-state index contributed by atoms with van der Waals surface area (Å²) >= 11 is 3.11. The van der Waals surface area contributed by atoms with Crippen molar-refractivity contribution in [1.29, 1.82) is 0 Å². The van der Waals surface area contributed by atoms with Crippen LogP contribution in [0.3, 0.4) is 0 Å². The minimum absolute atomic E-state index is 0.163. The lowest BCUT2D eigenvalue weighted by molar-refractivity contribution is 0.207. The van der Waals surface area contributed by atoms with E-state index in [0.717, 1.165) is 6.54 Å². The topological polar surface area (TPSA) is 12.0 Å². The first kappa shape index (κ1) is 15.6. The summed E-state index contributed by atoms with van der Waals surface area (Å²) in [6.45, 7) is 6.92. The van der Waals surface area contributed by atoms with Crippen LogP contribution in [-0.2, 0) is 6.42 Å². The molecule has 0 aliphatic rings. The van der Waals surface area contributed by atoms with Gasteiger partial charge in [-0.2, -0.15) is 0 Å². The second kappa shape index (κ2) is 6.11. The van der Waals surface area contributed by atoms with Crippen LogP contribution < -0.4 is 5.32 Å². The van der Waals surface area contributed by atoms with Gasteiger partial charge in [0.1, 0.15) is 11.6 Å². The Morgan fingerprint density at radius 3 is 2.44 bits per heavy atom. The van der Waals surface area contributed by atoms with Gasteiger partial charge in [0.05, 0.1) is 4.47 Å². The van der Waals surface area contributed by atoms with Crippen molar-refractivity contribution in [2.45, 2.75) is 27.2 Å². The lowest BCUT2D eigenvalue weighted by atomic mass is 9.74. The van der Waals surface area contributed by atoms with Gasteiger partial charge < -0.3 is 5.32 Å². The summed E-state index contributed by atoms with van der Waals surface area (Å²) in [7, 11) is 1.86. The summed E-state index contributed by atoms with van der Waals surface area (Å²) in [5.74, 6) is -0.639. The van der Waals surface area contributed by atoms with Gasteiger partial charge in [-0.1, -0.05) is 20.8 Å². The third kappa shape index (κ3) is 3.29. The molecule has 1 atom stereocenters. The number of benzene rings is 1. The van der Waals surface area contributed by atoms with Crippen LogP contribution >= 0.6 is 15.9 Å². The van der Waals surface area contributed by atoms with Crippen LogP contribution in [0, 0.1) is 23.0 Å². The van der Waals surface area contributed by atoms with E-state index < -0.39 is 11.6 Å². The van der Waals surface area contributed by atoms with E-state index in [1.807, 2.05) is 14.0 Å². The molecule has 0 aliphatic heterocycles. The lowest BCUT2D eigenvalue weighted by Gasteiger charge is -2.34. The van der Waals surface area contributed by atoms with Gasteiger partial charge in [-0.25, -0.2) is 8.78 Å². The molecule has 0 aromatic heterocycles. The van der Waals surface area contributed by atoms with Crippen molar-refractivity contribution in [3.8, 4) is 0 Å². The Kier molecular flexibility index (Phi) is 5.29.